The van der Waals surface area contributed by atoms with Crippen molar-refractivity contribution in [1.82, 2.24) is 0 Å². The first-order valence-corrected chi connectivity index (χ1v) is 7.29. The number of ketones is 1. The van der Waals surface area contributed by atoms with Gasteiger partial charge < -0.3 is 4.74 Å². The molecule has 1 aliphatic heterocycles. The molecule has 1 saturated heterocycles. The van der Waals surface area contributed by atoms with Gasteiger partial charge in [0.2, 0.25) is 5.78 Å². The van der Waals surface area contributed by atoms with Gasteiger partial charge >= 0.3 is 12.1 Å². The minimum atomic E-state index is -5.04. The fraction of sp³-hybridized carbons (Fsp3) is 0.222. The zero-order chi connectivity index (χ0) is 17.4. The molecule has 3 nitrogen and oxygen atoms in total. The average Bonchev–Trinajstić information content (AvgIpc) is 2.94. The number of hydrogen-bond donors (Lipinski definition) is 0. The van der Waals surface area contributed by atoms with Crippen molar-refractivity contribution in [1.29, 1.82) is 0 Å². The van der Waals surface area contributed by atoms with Crippen LogP contribution in [-0.2, 0) is 9.53 Å². The quantitative estimate of drug-likeness (QED) is 0.631. The van der Waals surface area contributed by atoms with Gasteiger partial charge in [0, 0.05) is 5.56 Å². The second-order valence-electron chi connectivity index (χ2n) is 5.57. The Morgan fingerprint density at radius 3 is 2.08 bits per heavy atom. The van der Waals surface area contributed by atoms with E-state index in [1.165, 1.54) is 36.4 Å². The van der Waals surface area contributed by atoms with Gasteiger partial charge in [0.05, 0.1) is 12.3 Å². The molecule has 0 aliphatic carbocycles. The van der Waals surface area contributed by atoms with Gasteiger partial charge in [0.1, 0.15) is 0 Å². The highest BCUT2D eigenvalue weighted by Crippen LogP contribution is 2.51. The lowest BCUT2D eigenvalue weighted by atomic mass is 9.76. The van der Waals surface area contributed by atoms with Gasteiger partial charge in [-0.25, -0.2) is 0 Å². The number of Topliss-reactive ketones (excluding diaryl/α,β-unsaturated/α-hetero) is 1. The van der Waals surface area contributed by atoms with Gasteiger partial charge in [-0.15, -0.1) is 0 Å². The number of esters is 1. The summed E-state index contributed by atoms with van der Waals surface area (Å²) in [5, 5.41) is 0. The maximum absolute atomic E-state index is 14.0. The van der Waals surface area contributed by atoms with Crippen molar-refractivity contribution in [2.45, 2.75) is 24.1 Å². The van der Waals surface area contributed by atoms with Crippen molar-refractivity contribution < 1.29 is 27.5 Å². The van der Waals surface area contributed by atoms with Crippen LogP contribution < -0.4 is 0 Å². The summed E-state index contributed by atoms with van der Waals surface area (Å²) in [6, 6.07) is 14.8. The number of carbonyl (C=O) groups excluding carboxylic acids is 2. The SMILES string of the molecule is O=C1CC(c2ccccc2)C(C(=O)c2ccccc2)(C(F)(F)F)O1. The van der Waals surface area contributed by atoms with Crippen LogP contribution in [0.15, 0.2) is 60.7 Å². The van der Waals surface area contributed by atoms with E-state index in [0.717, 1.165) is 0 Å². The number of hydrogen-bond acceptors (Lipinski definition) is 3. The molecule has 2 unspecified atom stereocenters. The highest BCUT2D eigenvalue weighted by atomic mass is 19.4. The van der Waals surface area contributed by atoms with Crippen LogP contribution in [0.4, 0.5) is 13.2 Å². The Hall–Kier alpha value is -2.63. The molecule has 0 N–H and O–H groups in total. The van der Waals surface area contributed by atoms with E-state index < -0.39 is 35.9 Å². The molecule has 1 heterocycles. The standard InChI is InChI=1S/C18H13F3O3/c19-18(20,21)17(16(23)13-9-5-2-6-10-13)14(11-15(22)24-17)12-7-3-1-4-8-12/h1-10,14H,11H2. The minimum Gasteiger partial charge on any atom is -0.440 e. The lowest BCUT2D eigenvalue weighted by Gasteiger charge is -2.34. The number of rotatable bonds is 3. The molecule has 6 heteroatoms. The number of carbonyl (C=O) groups is 2. The van der Waals surface area contributed by atoms with Crippen LogP contribution in [0.5, 0.6) is 0 Å². The summed E-state index contributed by atoms with van der Waals surface area (Å²) in [7, 11) is 0. The number of ether oxygens (including phenoxy) is 1. The fourth-order valence-electron chi connectivity index (χ4n) is 3.03. The monoisotopic (exact) mass is 334 g/mol. The maximum atomic E-state index is 14.0. The Bertz CT molecular complexity index is 756. The second kappa shape index (κ2) is 5.78. The van der Waals surface area contributed by atoms with Crippen LogP contribution in [0.3, 0.4) is 0 Å². The average molecular weight is 334 g/mol. The first-order chi connectivity index (χ1) is 11.4. The van der Waals surface area contributed by atoms with Crippen molar-refractivity contribution in [2.75, 3.05) is 0 Å². The van der Waals surface area contributed by atoms with Crippen LogP contribution in [0.25, 0.3) is 0 Å². The molecule has 0 aromatic heterocycles. The number of cyclic esters (lactones) is 1. The van der Waals surface area contributed by atoms with Gasteiger partial charge in [-0.2, -0.15) is 13.2 Å². The molecule has 2 atom stereocenters. The smallest absolute Gasteiger partial charge is 0.436 e. The first-order valence-electron chi connectivity index (χ1n) is 7.29. The van der Waals surface area contributed by atoms with Crippen LogP contribution >= 0.6 is 0 Å². The van der Waals surface area contributed by atoms with E-state index in [1.807, 2.05) is 0 Å². The summed E-state index contributed by atoms with van der Waals surface area (Å²) < 4.78 is 46.6. The molecule has 3 rings (SSSR count). The number of alkyl halides is 3. The van der Waals surface area contributed by atoms with E-state index in [4.69, 9.17) is 0 Å². The summed E-state index contributed by atoms with van der Waals surface area (Å²) in [4.78, 5) is 24.5. The summed E-state index contributed by atoms with van der Waals surface area (Å²) >= 11 is 0. The predicted octanol–water partition coefficient (Wildman–Crippen LogP) is 3.90. The Morgan fingerprint density at radius 1 is 1.00 bits per heavy atom. The lowest BCUT2D eigenvalue weighted by Crippen LogP contribution is -2.55. The van der Waals surface area contributed by atoms with Crippen molar-refractivity contribution in [3.8, 4) is 0 Å². The summed E-state index contributed by atoms with van der Waals surface area (Å²) in [5.41, 5.74) is -3.11. The van der Waals surface area contributed by atoms with E-state index in [1.54, 1.807) is 24.3 Å². The first kappa shape index (κ1) is 16.2. The molecule has 2 aromatic carbocycles. The largest absolute Gasteiger partial charge is 0.440 e. The molecular formula is C18H13F3O3. The molecule has 0 saturated carbocycles. The summed E-state index contributed by atoms with van der Waals surface area (Å²) in [5.74, 6) is -3.71. The van der Waals surface area contributed by atoms with Crippen molar-refractivity contribution in [3.05, 3.63) is 71.8 Å². The van der Waals surface area contributed by atoms with Gasteiger partial charge in [0.25, 0.3) is 5.60 Å². The third-order valence-corrected chi connectivity index (χ3v) is 4.13. The zero-order valence-electron chi connectivity index (χ0n) is 12.4. The van der Waals surface area contributed by atoms with Crippen LogP contribution in [0, 0.1) is 0 Å². The van der Waals surface area contributed by atoms with Crippen LogP contribution in [0.2, 0.25) is 0 Å². The van der Waals surface area contributed by atoms with Crippen molar-refractivity contribution in [2.24, 2.45) is 0 Å². The Labute approximate surface area is 136 Å². The molecule has 0 radical (unpaired) electrons. The summed E-state index contributed by atoms with van der Waals surface area (Å²) in [6.45, 7) is 0. The Balaban J connectivity index is 2.18. The van der Waals surface area contributed by atoms with Gasteiger partial charge in [-0.1, -0.05) is 60.7 Å². The van der Waals surface area contributed by atoms with Crippen molar-refractivity contribution in [3.63, 3.8) is 0 Å². The molecule has 2 aromatic rings. The van der Waals surface area contributed by atoms with E-state index in [9.17, 15) is 22.8 Å². The van der Waals surface area contributed by atoms with E-state index in [0.29, 0.717) is 0 Å². The minimum absolute atomic E-state index is 0.148. The third-order valence-electron chi connectivity index (χ3n) is 4.13. The number of halogens is 3. The molecular weight excluding hydrogens is 321 g/mol. The van der Waals surface area contributed by atoms with Crippen molar-refractivity contribution >= 4 is 11.8 Å². The van der Waals surface area contributed by atoms with Gasteiger partial charge in [-0.3, -0.25) is 9.59 Å². The highest BCUT2D eigenvalue weighted by molar-refractivity contribution is 6.06. The van der Waals surface area contributed by atoms with E-state index in [2.05, 4.69) is 4.74 Å². The molecule has 24 heavy (non-hydrogen) atoms. The summed E-state index contributed by atoms with van der Waals surface area (Å²) in [6.07, 6.45) is -5.53. The molecule has 1 fully saturated rings. The third kappa shape index (κ3) is 2.48. The normalized spacial score (nSPS) is 23.8. The van der Waals surface area contributed by atoms with E-state index in [-0.39, 0.29) is 11.1 Å². The lowest BCUT2D eigenvalue weighted by molar-refractivity contribution is -0.241. The topological polar surface area (TPSA) is 43.4 Å². The Kier molecular flexibility index (Phi) is 3.91. The van der Waals surface area contributed by atoms with E-state index >= 15 is 0 Å². The molecule has 124 valence electrons. The zero-order valence-corrected chi connectivity index (χ0v) is 12.4. The molecule has 0 amide bonds. The second-order valence-corrected chi connectivity index (χ2v) is 5.57. The fourth-order valence-corrected chi connectivity index (χ4v) is 3.03. The number of benzene rings is 2. The molecule has 0 bridgehead atoms. The predicted molar refractivity (Wildman–Crippen MR) is 79.5 cm³/mol. The Morgan fingerprint density at radius 2 is 1.54 bits per heavy atom. The maximum Gasteiger partial charge on any atom is 0.436 e. The molecule has 1 aliphatic rings. The van der Waals surface area contributed by atoms with Gasteiger partial charge in [0.15, 0.2) is 0 Å². The van der Waals surface area contributed by atoms with Crippen LogP contribution in [0.1, 0.15) is 28.3 Å². The van der Waals surface area contributed by atoms with Crippen LogP contribution in [-0.4, -0.2) is 23.5 Å². The highest BCUT2D eigenvalue weighted by Gasteiger charge is 2.71. The van der Waals surface area contributed by atoms with Gasteiger partial charge in [-0.05, 0) is 5.56 Å². The molecule has 0 spiro atoms.